The summed E-state index contributed by atoms with van der Waals surface area (Å²) in [6.07, 6.45) is 8.17. The summed E-state index contributed by atoms with van der Waals surface area (Å²) >= 11 is 0. The highest BCUT2D eigenvalue weighted by Gasteiger charge is 2.31. The molecule has 82 valence electrons. The maximum atomic E-state index is 6.04. The molecule has 0 aromatic heterocycles. The van der Waals surface area contributed by atoms with Gasteiger partial charge in [-0.15, -0.1) is 0 Å². The molecule has 1 atom stereocenters. The highest BCUT2D eigenvalue weighted by molar-refractivity contribution is 4.87. The van der Waals surface area contributed by atoms with Crippen LogP contribution in [0.1, 0.15) is 45.4 Å². The molecule has 0 aliphatic heterocycles. The van der Waals surface area contributed by atoms with Crippen LogP contribution in [0.2, 0.25) is 0 Å². The predicted molar refractivity (Wildman–Crippen MR) is 60.1 cm³/mol. The Bertz CT molecular complexity index is 183. The van der Waals surface area contributed by atoms with E-state index in [0.717, 1.165) is 12.5 Å². The molecule has 0 radical (unpaired) electrons. The Kier molecular flexibility index (Phi) is 3.13. The first-order valence-electron chi connectivity index (χ1n) is 6.16. The Morgan fingerprint density at radius 3 is 2.64 bits per heavy atom. The fourth-order valence-electron chi connectivity index (χ4n) is 2.38. The average Bonchev–Trinajstić information content (AvgIpc) is 2.92. The topological polar surface area (TPSA) is 38.0 Å². The van der Waals surface area contributed by atoms with E-state index in [-0.39, 0.29) is 0 Å². The Balaban J connectivity index is 1.50. The summed E-state index contributed by atoms with van der Waals surface area (Å²) < 4.78 is 0. The minimum atomic E-state index is 0.469. The molecule has 14 heavy (non-hydrogen) atoms. The summed E-state index contributed by atoms with van der Waals surface area (Å²) in [4.78, 5) is 0. The van der Waals surface area contributed by atoms with Gasteiger partial charge in [0, 0.05) is 12.6 Å². The van der Waals surface area contributed by atoms with Crippen LogP contribution in [-0.2, 0) is 0 Å². The van der Waals surface area contributed by atoms with E-state index in [0.29, 0.717) is 11.5 Å². The van der Waals surface area contributed by atoms with E-state index < -0.39 is 0 Å². The van der Waals surface area contributed by atoms with Crippen molar-refractivity contribution in [2.45, 2.75) is 51.5 Å². The van der Waals surface area contributed by atoms with Gasteiger partial charge >= 0.3 is 0 Å². The first kappa shape index (κ1) is 10.4. The monoisotopic (exact) mass is 196 g/mol. The number of nitrogens with two attached hydrogens (primary N) is 1. The lowest BCUT2D eigenvalue weighted by Gasteiger charge is -2.38. The molecule has 0 aromatic carbocycles. The molecule has 3 N–H and O–H groups in total. The SMILES string of the molecule is CC1(CNCCC(N)C2CC2)CCC1. The second-order valence-corrected chi connectivity index (χ2v) is 5.63. The van der Waals surface area contributed by atoms with E-state index in [1.165, 1.54) is 45.1 Å². The molecule has 0 spiro atoms. The van der Waals surface area contributed by atoms with E-state index in [1.54, 1.807) is 0 Å². The third-order valence-corrected chi connectivity index (χ3v) is 3.99. The summed E-state index contributed by atoms with van der Waals surface area (Å²) in [5, 5.41) is 3.56. The molecule has 0 bridgehead atoms. The van der Waals surface area contributed by atoms with E-state index >= 15 is 0 Å². The third-order valence-electron chi connectivity index (χ3n) is 3.99. The van der Waals surface area contributed by atoms with Crippen LogP contribution in [0.25, 0.3) is 0 Å². The minimum Gasteiger partial charge on any atom is -0.327 e. The van der Waals surface area contributed by atoms with E-state index in [4.69, 9.17) is 5.73 Å². The van der Waals surface area contributed by atoms with Gasteiger partial charge < -0.3 is 11.1 Å². The zero-order valence-electron chi connectivity index (χ0n) is 9.39. The van der Waals surface area contributed by atoms with Crippen molar-refractivity contribution in [2.24, 2.45) is 17.1 Å². The van der Waals surface area contributed by atoms with Gasteiger partial charge in [-0.1, -0.05) is 13.3 Å². The van der Waals surface area contributed by atoms with Crippen LogP contribution in [0.3, 0.4) is 0 Å². The maximum Gasteiger partial charge on any atom is 0.00792 e. The highest BCUT2D eigenvalue weighted by Crippen LogP contribution is 2.39. The fourth-order valence-corrected chi connectivity index (χ4v) is 2.38. The van der Waals surface area contributed by atoms with Crippen molar-refractivity contribution in [2.75, 3.05) is 13.1 Å². The Morgan fingerprint density at radius 1 is 1.43 bits per heavy atom. The van der Waals surface area contributed by atoms with E-state index in [2.05, 4.69) is 12.2 Å². The van der Waals surface area contributed by atoms with Crippen molar-refractivity contribution in [3.05, 3.63) is 0 Å². The Morgan fingerprint density at radius 2 is 2.14 bits per heavy atom. The maximum absolute atomic E-state index is 6.04. The van der Waals surface area contributed by atoms with Crippen molar-refractivity contribution in [3.8, 4) is 0 Å². The molecule has 2 fully saturated rings. The molecule has 2 saturated carbocycles. The summed E-state index contributed by atoms with van der Waals surface area (Å²) in [6.45, 7) is 4.71. The quantitative estimate of drug-likeness (QED) is 0.637. The lowest BCUT2D eigenvalue weighted by atomic mass is 9.70. The zero-order chi connectivity index (χ0) is 10.0. The molecule has 2 aliphatic rings. The third kappa shape index (κ3) is 2.71. The van der Waals surface area contributed by atoms with Crippen LogP contribution in [0.5, 0.6) is 0 Å². The second-order valence-electron chi connectivity index (χ2n) is 5.63. The van der Waals surface area contributed by atoms with Crippen LogP contribution in [-0.4, -0.2) is 19.1 Å². The molecule has 2 heteroatoms. The largest absolute Gasteiger partial charge is 0.327 e. The van der Waals surface area contributed by atoms with Crippen LogP contribution >= 0.6 is 0 Å². The highest BCUT2D eigenvalue weighted by atomic mass is 14.9. The fraction of sp³-hybridized carbons (Fsp3) is 1.00. The summed E-state index contributed by atoms with van der Waals surface area (Å²) in [7, 11) is 0. The molecule has 2 aliphatic carbocycles. The normalized spacial score (nSPS) is 27.0. The minimum absolute atomic E-state index is 0.469. The van der Waals surface area contributed by atoms with Crippen molar-refractivity contribution >= 4 is 0 Å². The zero-order valence-corrected chi connectivity index (χ0v) is 9.39. The molecule has 1 unspecified atom stereocenters. The molecule has 2 nitrogen and oxygen atoms in total. The van der Waals surface area contributed by atoms with Crippen molar-refractivity contribution in [3.63, 3.8) is 0 Å². The van der Waals surface area contributed by atoms with Gasteiger partial charge in [-0.3, -0.25) is 0 Å². The van der Waals surface area contributed by atoms with Crippen molar-refractivity contribution in [1.82, 2.24) is 5.32 Å². The van der Waals surface area contributed by atoms with Crippen molar-refractivity contribution < 1.29 is 0 Å². The predicted octanol–water partition coefficient (Wildman–Crippen LogP) is 1.89. The van der Waals surface area contributed by atoms with Gasteiger partial charge in [0.1, 0.15) is 0 Å². The van der Waals surface area contributed by atoms with Gasteiger partial charge in [0.2, 0.25) is 0 Å². The van der Waals surface area contributed by atoms with Crippen LogP contribution in [0, 0.1) is 11.3 Å². The second kappa shape index (κ2) is 4.19. The van der Waals surface area contributed by atoms with Gasteiger partial charge in [-0.2, -0.15) is 0 Å². The smallest absolute Gasteiger partial charge is 0.00792 e. The molecule has 0 aromatic rings. The van der Waals surface area contributed by atoms with Crippen molar-refractivity contribution in [1.29, 1.82) is 0 Å². The van der Waals surface area contributed by atoms with Gasteiger partial charge in [0.05, 0.1) is 0 Å². The average molecular weight is 196 g/mol. The van der Waals surface area contributed by atoms with Crippen LogP contribution < -0.4 is 11.1 Å². The number of hydrogen-bond acceptors (Lipinski definition) is 2. The lowest BCUT2D eigenvalue weighted by Crippen LogP contribution is -2.39. The first-order chi connectivity index (χ1) is 6.70. The molecule has 0 heterocycles. The van der Waals surface area contributed by atoms with Gasteiger partial charge in [-0.25, -0.2) is 0 Å². The molecular weight excluding hydrogens is 172 g/mol. The number of hydrogen-bond donors (Lipinski definition) is 2. The van der Waals surface area contributed by atoms with Crippen LogP contribution in [0.4, 0.5) is 0 Å². The Labute approximate surface area is 87.6 Å². The van der Waals surface area contributed by atoms with E-state index in [9.17, 15) is 0 Å². The molecule has 0 saturated heterocycles. The molecule has 0 amide bonds. The lowest BCUT2D eigenvalue weighted by molar-refractivity contribution is 0.156. The summed E-state index contributed by atoms with van der Waals surface area (Å²) in [5.74, 6) is 0.857. The van der Waals surface area contributed by atoms with Gasteiger partial charge in [0.25, 0.3) is 0 Å². The Hall–Kier alpha value is -0.0800. The summed E-state index contributed by atoms with van der Waals surface area (Å²) in [6, 6.07) is 0.469. The van der Waals surface area contributed by atoms with Gasteiger partial charge in [-0.05, 0) is 50.0 Å². The summed E-state index contributed by atoms with van der Waals surface area (Å²) in [5.41, 5.74) is 6.65. The number of nitrogens with one attached hydrogen (secondary N) is 1. The van der Waals surface area contributed by atoms with E-state index in [1.807, 2.05) is 0 Å². The van der Waals surface area contributed by atoms with Gasteiger partial charge in [0.15, 0.2) is 0 Å². The molecule has 2 rings (SSSR count). The first-order valence-corrected chi connectivity index (χ1v) is 6.16. The van der Waals surface area contributed by atoms with Crippen LogP contribution in [0.15, 0.2) is 0 Å². The molecular formula is C12H24N2. The number of rotatable bonds is 6. The standard InChI is InChI=1S/C12H24N2/c1-12(6-2-7-12)9-14-8-5-11(13)10-3-4-10/h10-11,14H,2-9,13H2,1H3.